The van der Waals surface area contributed by atoms with Gasteiger partial charge in [0.1, 0.15) is 5.75 Å². The number of aliphatic hydroxyl groups is 1. The lowest BCUT2D eigenvalue weighted by molar-refractivity contribution is 0.173. The van der Waals surface area contributed by atoms with Crippen LogP contribution >= 0.6 is 0 Å². The van der Waals surface area contributed by atoms with Gasteiger partial charge in [-0.05, 0) is 23.8 Å². The van der Waals surface area contributed by atoms with Crippen LogP contribution in [0.2, 0.25) is 0 Å². The molecule has 4 N–H and O–H groups in total. The number of aromatic hydroxyl groups is 1. The highest BCUT2D eigenvalue weighted by Gasteiger charge is 2.13. The Hall–Kier alpha value is -2.49. The average molecular weight is 396 g/mol. The largest absolute Gasteiger partial charge is 0.505 e. The van der Waals surface area contributed by atoms with Crippen LogP contribution in [0.4, 0.5) is 5.69 Å². The molecule has 0 aromatic heterocycles. The zero-order valence-corrected chi connectivity index (χ0v) is 16.2. The van der Waals surface area contributed by atoms with Crippen molar-refractivity contribution in [1.82, 2.24) is 5.32 Å². The van der Waals surface area contributed by atoms with Crippen LogP contribution in [-0.4, -0.2) is 45.7 Å². The molecule has 1 unspecified atom stereocenters. The van der Waals surface area contributed by atoms with Crippen molar-refractivity contribution in [3.8, 4) is 17.2 Å². The summed E-state index contributed by atoms with van der Waals surface area (Å²) in [7, 11) is -0.434. The Morgan fingerprint density at radius 3 is 2.44 bits per heavy atom. The van der Waals surface area contributed by atoms with Crippen LogP contribution in [0, 0.1) is 0 Å². The molecule has 0 saturated carbocycles. The second-order valence-corrected chi connectivity index (χ2v) is 7.70. The third kappa shape index (κ3) is 5.75. The van der Waals surface area contributed by atoms with E-state index in [0.29, 0.717) is 22.6 Å². The average Bonchev–Trinajstić information content (AvgIpc) is 2.62. The number of phenols is 1. The molecule has 2 aromatic rings. The lowest BCUT2D eigenvalue weighted by Gasteiger charge is -2.16. The molecule has 9 heteroatoms. The van der Waals surface area contributed by atoms with Gasteiger partial charge in [-0.25, -0.2) is 8.42 Å². The Balaban J connectivity index is 2.01. The molecule has 0 bridgehead atoms. The SMILES string of the molecule is COc1ccc(C(O)CNCc2cccc(NS(C)(=O)=O)c2O)cc1OC. The molecule has 148 valence electrons. The van der Waals surface area contributed by atoms with Gasteiger partial charge in [0, 0.05) is 18.7 Å². The molecule has 0 saturated heterocycles. The summed E-state index contributed by atoms with van der Waals surface area (Å²) >= 11 is 0. The molecule has 0 fully saturated rings. The Morgan fingerprint density at radius 1 is 1.11 bits per heavy atom. The minimum atomic E-state index is -3.49. The molecule has 27 heavy (non-hydrogen) atoms. The monoisotopic (exact) mass is 396 g/mol. The number of para-hydroxylation sites is 1. The van der Waals surface area contributed by atoms with Gasteiger partial charge in [0.05, 0.1) is 32.3 Å². The van der Waals surface area contributed by atoms with Gasteiger partial charge < -0.3 is 25.0 Å². The lowest BCUT2D eigenvalue weighted by atomic mass is 10.1. The number of benzene rings is 2. The number of aliphatic hydroxyl groups excluding tert-OH is 1. The first-order valence-corrected chi connectivity index (χ1v) is 10.0. The van der Waals surface area contributed by atoms with Crippen molar-refractivity contribution in [1.29, 1.82) is 0 Å². The third-order valence-electron chi connectivity index (χ3n) is 3.86. The molecule has 0 aliphatic heterocycles. The Kier molecular flexibility index (Phi) is 6.89. The maximum Gasteiger partial charge on any atom is 0.229 e. The highest BCUT2D eigenvalue weighted by molar-refractivity contribution is 7.92. The van der Waals surface area contributed by atoms with E-state index < -0.39 is 16.1 Å². The summed E-state index contributed by atoms with van der Waals surface area (Å²) in [5.41, 5.74) is 1.26. The van der Waals surface area contributed by atoms with Crippen molar-refractivity contribution in [2.75, 3.05) is 31.7 Å². The second kappa shape index (κ2) is 8.94. The fourth-order valence-electron chi connectivity index (χ4n) is 2.54. The summed E-state index contributed by atoms with van der Waals surface area (Å²) in [6.45, 7) is 0.466. The first kappa shape index (κ1) is 20.8. The fraction of sp³-hybridized carbons (Fsp3) is 0.333. The van der Waals surface area contributed by atoms with E-state index in [0.717, 1.165) is 6.26 Å². The van der Waals surface area contributed by atoms with Crippen LogP contribution in [-0.2, 0) is 16.6 Å². The van der Waals surface area contributed by atoms with E-state index in [9.17, 15) is 18.6 Å². The molecule has 0 radical (unpaired) electrons. The molecule has 1 atom stereocenters. The Labute approximate surface area is 158 Å². The molecular formula is C18H24N2O6S. The molecular weight excluding hydrogens is 372 g/mol. The normalized spacial score (nSPS) is 12.4. The summed E-state index contributed by atoms with van der Waals surface area (Å²) in [6, 6.07) is 9.91. The number of nitrogens with one attached hydrogen (secondary N) is 2. The van der Waals surface area contributed by atoms with Gasteiger partial charge in [-0.15, -0.1) is 0 Å². The molecule has 0 amide bonds. The highest BCUT2D eigenvalue weighted by Crippen LogP contribution is 2.30. The van der Waals surface area contributed by atoms with Gasteiger partial charge in [-0.3, -0.25) is 4.72 Å². The maximum atomic E-state index is 11.3. The van der Waals surface area contributed by atoms with Gasteiger partial charge in [-0.1, -0.05) is 18.2 Å². The number of phenolic OH excluding ortho intramolecular Hbond substituents is 1. The standard InChI is InChI=1S/C18H24N2O6S/c1-25-16-8-7-12(9-17(16)26-2)15(21)11-19-10-13-5-4-6-14(18(13)22)20-27(3,23)24/h4-9,15,19-22H,10-11H2,1-3H3. The van der Waals surface area contributed by atoms with Crippen molar-refractivity contribution in [2.24, 2.45) is 0 Å². The number of ether oxygens (including phenoxy) is 2. The van der Waals surface area contributed by atoms with Gasteiger partial charge in [-0.2, -0.15) is 0 Å². The van der Waals surface area contributed by atoms with Gasteiger partial charge in [0.25, 0.3) is 0 Å². The zero-order chi connectivity index (χ0) is 20.0. The number of rotatable bonds is 9. The number of hydrogen-bond acceptors (Lipinski definition) is 7. The number of hydrogen-bond donors (Lipinski definition) is 4. The smallest absolute Gasteiger partial charge is 0.229 e. The summed E-state index contributed by atoms with van der Waals surface area (Å²) in [5.74, 6) is 0.934. The second-order valence-electron chi connectivity index (χ2n) is 5.95. The van der Waals surface area contributed by atoms with Gasteiger partial charge >= 0.3 is 0 Å². The van der Waals surface area contributed by atoms with Crippen molar-refractivity contribution >= 4 is 15.7 Å². The molecule has 0 spiro atoms. The van der Waals surface area contributed by atoms with Crippen molar-refractivity contribution in [2.45, 2.75) is 12.6 Å². The zero-order valence-electron chi connectivity index (χ0n) is 15.4. The summed E-state index contributed by atoms with van der Waals surface area (Å²) in [6.07, 6.45) is 0.209. The first-order valence-electron chi connectivity index (χ1n) is 8.14. The predicted molar refractivity (Wildman–Crippen MR) is 103 cm³/mol. The minimum Gasteiger partial charge on any atom is -0.505 e. The quantitative estimate of drug-likeness (QED) is 0.476. The van der Waals surface area contributed by atoms with E-state index in [-0.39, 0.29) is 24.5 Å². The van der Waals surface area contributed by atoms with E-state index in [1.54, 1.807) is 30.3 Å². The molecule has 0 aliphatic carbocycles. The number of sulfonamides is 1. The lowest BCUT2D eigenvalue weighted by Crippen LogP contribution is -2.21. The van der Waals surface area contributed by atoms with Crippen molar-refractivity contribution in [3.63, 3.8) is 0 Å². The highest BCUT2D eigenvalue weighted by atomic mass is 32.2. The molecule has 0 heterocycles. The molecule has 2 rings (SSSR count). The molecule has 0 aliphatic rings. The Morgan fingerprint density at radius 2 is 1.81 bits per heavy atom. The third-order valence-corrected chi connectivity index (χ3v) is 4.45. The summed E-state index contributed by atoms with van der Waals surface area (Å²) < 4.78 is 35.3. The van der Waals surface area contributed by atoms with Crippen LogP contribution in [0.25, 0.3) is 0 Å². The maximum absolute atomic E-state index is 11.3. The van der Waals surface area contributed by atoms with Gasteiger partial charge in [0.2, 0.25) is 10.0 Å². The van der Waals surface area contributed by atoms with Crippen molar-refractivity contribution < 1.29 is 28.1 Å². The topological polar surface area (TPSA) is 117 Å². The van der Waals surface area contributed by atoms with E-state index in [1.165, 1.54) is 20.3 Å². The van der Waals surface area contributed by atoms with Crippen LogP contribution < -0.4 is 19.5 Å². The number of anilines is 1. The molecule has 2 aromatic carbocycles. The first-order chi connectivity index (χ1) is 12.7. The summed E-state index contributed by atoms with van der Waals surface area (Å²) in [5, 5.41) is 23.6. The van der Waals surface area contributed by atoms with Crippen LogP contribution in [0.15, 0.2) is 36.4 Å². The number of methoxy groups -OCH3 is 2. The van der Waals surface area contributed by atoms with Crippen LogP contribution in [0.5, 0.6) is 17.2 Å². The van der Waals surface area contributed by atoms with E-state index in [2.05, 4.69) is 10.0 Å². The van der Waals surface area contributed by atoms with Gasteiger partial charge in [0.15, 0.2) is 11.5 Å². The Bertz CT molecular complexity index is 885. The van der Waals surface area contributed by atoms with E-state index in [4.69, 9.17) is 9.47 Å². The predicted octanol–water partition coefficient (Wildman–Crippen LogP) is 1.60. The van der Waals surface area contributed by atoms with E-state index in [1.807, 2.05) is 0 Å². The molecule has 8 nitrogen and oxygen atoms in total. The van der Waals surface area contributed by atoms with Crippen molar-refractivity contribution in [3.05, 3.63) is 47.5 Å². The minimum absolute atomic E-state index is 0.109. The van der Waals surface area contributed by atoms with Crippen LogP contribution in [0.1, 0.15) is 17.2 Å². The van der Waals surface area contributed by atoms with E-state index >= 15 is 0 Å². The summed E-state index contributed by atoms with van der Waals surface area (Å²) in [4.78, 5) is 0. The fourth-order valence-corrected chi connectivity index (χ4v) is 3.10. The van der Waals surface area contributed by atoms with Crippen LogP contribution in [0.3, 0.4) is 0 Å².